The Morgan fingerprint density at radius 2 is 1.94 bits per heavy atom. The first-order chi connectivity index (χ1) is 7.68. The van der Waals surface area contributed by atoms with Crippen LogP contribution in [0.2, 0.25) is 0 Å². The van der Waals surface area contributed by atoms with Crippen molar-refractivity contribution < 1.29 is 17.9 Å². The Morgan fingerprint density at radius 1 is 1.19 bits per heavy atom. The molecule has 7 heteroatoms. The molecule has 0 spiro atoms. The summed E-state index contributed by atoms with van der Waals surface area (Å²) in [4.78, 5) is 0. The van der Waals surface area contributed by atoms with Crippen molar-refractivity contribution >= 4 is 10.2 Å². The molecule has 2 aliphatic heterocycles. The fourth-order valence-electron chi connectivity index (χ4n) is 1.85. The molecular weight excluding hydrogens is 232 g/mol. The highest BCUT2D eigenvalue weighted by atomic mass is 32.2. The summed E-state index contributed by atoms with van der Waals surface area (Å²) >= 11 is 0. The minimum Gasteiger partial charge on any atom is -0.381 e. The van der Waals surface area contributed by atoms with E-state index in [-0.39, 0.29) is 0 Å². The molecule has 0 saturated carbocycles. The van der Waals surface area contributed by atoms with Crippen LogP contribution in [0.1, 0.15) is 6.42 Å². The van der Waals surface area contributed by atoms with Crippen LogP contribution in [-0.2, 0) is 19.7 Å². The first kappa shape index (κ1) is 12.3. The quantitative estimate of drug-likeness (QED) is 0.708. The zero-order valence-corrected chi connectivity index (χ0v) is 10.0. The highest BCUT2D eigenvalue weighted by Gasteiger charge is 2.25. The summed E-state index contributed by atoms with van der Waals surface area (Å²) in [6.07, 6.45) is 0.936. The van der Waals surface area contributed by atoms with Gasteiger partial charge in [-0.1, -0.05) is 0 Å². The van der Waals surface area contributed by atoms with Crippen LogP contribution >= 0.6 is 0 Å². The molecule has 2 aliphatic rings. The van der Waals surface area contributed by atoms with Gasteiger partial charge in [0.1, 0.15) is 0 Å². The Hall–Kier alpha value is -0.210. The summed E-state index contributed by atoms with van der Waals surface area (Å²) in [5.41, 5.74) is 0. The fourth-order valence-corrected chi connectivity index (χ4v) is 3.10. The normalized spacial score (nSPS) is 28.4. The Morgan fingerprint density at radius 3 is 2.56 bits per heavy atom. The van der Waals surface area contributed by atoms with E-state index in [1.165, 1.54) is 4.31 Å². The molecule has 94 valence electrons. The van der Waals surface area contributed by atoms with E-state index in [1.54, 1.807) is 0 Å². The number of ether oxygens (including phenoxy) is 2. The monoisotopic (exact) mass is 250 g/mol. The number of nitrogens with one attached hydrogen (secondary N) is 1. The van der Waals surface area contributed by atoms with Gasteiger partial charge in [-0.05, 0) is 12.3 Å². The average Bonchev–Trinajstić information content (AvgIpc) is 2.81. The van der Waals surface area contributed by atoms with Crippen LogP contribution in [-0.4, -0.2) is 58.8 Å². The molecule has 1 N–H and O–H groups in total. The van der Waals surface area contributed by atoms with Crippen molar-refractivity contribution in [3.05, 3.63) is 0 Å². The largest absolute Gasteiger partial charge is 0.381 e. The number of nitrogens with zero attached hydrogens (tertiary/aromatic N) is 1. The van der Waals surface area contributed by atoms with Gasteiger partial charge in [-0.15, -0.1) is 0 Å². The Kier molecular flexibility index (Phi) is 4.15. The van der Waals surface area contributed by atoms with Crippen LogP contribution in [0.5, 0.6) is 0 Å². The third-order valence-electron chi connectivity index (χ3n) is 2.89. The first-order valence-electron chi connectivity index (χ1n) is 5.59. The van der Waals surface area contributed by atoms with E-state index in [4.69, 9.17) is 9.47 Å². The van der Waals surface area contributed by atoms with Crippen LogP contribution < -0.4 is 4.72 Å². The maximum Gasteiger partial charge on any atom is 0.279 e. The molecule has 0 aliphatic carbocycles. The van der Waals surface area contributed by atoms with Crippen molar-refractivity contribution in [2.75, 3.05) is 46.1 Å². The lowest BCUT2D eigenvalue weighted by Crippen LogP contribution is -2.47. The molecule has 0 aromatic heterocycles. The molecule has 0 bridgehead atoms. The van der Waals surface area contributed by atoms with Crippen molar-refractivity contribution in [2.24, 2.45) is 5.92 Å². The van der Waals surface area contributed by atoms with Crippen molar-refractivity contribution in [3.63, 3.8) is 0 Å². The summed E-state index contributed by atoms with van der Waals surface area (Å²) in [7, 11) is -3.32. The Bertz CT molecular complexity index is 307. The average molecular weight is 250 g/mol. The van der Waals surface area contributed by atoms with Crippen molar-refractivity contribution in [2.45, 2.75) is 6.42 Å². The molecule has 2 heterocycles. The summed E-state index contributed by atoms with van der Waals surface area (Å²) in [5, 5.41) is 0. The molecule has 2 rings (SSSR count). The molecule has 0 unspecified atom stereocenters. The molecule has 0 aromatic carbocycles. The lowest BCUT2D eigenvalue weighted by molar-refractivity contribution is 0.0724. The van der Waals surface area contributed by atoms with Crippen LogP contribution in [0, 0.1) is 5.92 Å². The molecule has 1 atom stereocenters. The first-order valence-corrected chi connectivity index (χ1v) is 7.03. The smallest absolute Gasteiger partial charge is 0.279 e. The second-order valence-corrected chi connectivity index (χ2v) is 5.85. The van der Waals surface area contributed by atoms with Gasteiger partial charge in [-0.2, -0.15) is 12.7 Å². The van der Waals surface area contributed by atoms with Crippen molar-refractivity contribution in [1.82, 2.24) is 9.03 Å². The Labute approximate surface area is 96.1 Å². The third-order valence-corrected chi connectivity index (χ3v) is 4.46. The summed E-state index contributed by atoms with van der Waals surface area (Å²) in [6.45, 7) is 3.71. The summed E-state index contributed by atoms with van der Waals surface area (Å²) < 4.78 is 38.1. The molecular formula is C9H18N2O4S. The Balaban J connectivity index is 1.81. The standard InChI is InChI=1S/C9H18N2O4S/c12-16(13,11-2-5-14-6-3-11)10-7-9-1-4-15-8-9/h9-10H,1-8H2/t9-/m1/s1. The van der Waals surface area contributed by atoms with E-state index in [0.29, 0.717) is 45.4 Å². The SMILES string of the molecule is O=S(=O)(NC[C@H]1CCOC1)N1CCOCC1. The van der Waals surface area contributed by atoms with Gasteiger partial charge in [0.2, 0.25) is 0 Å². The molecule has 0 radical (unpaired) electrons. The number of rotatable bonds is 4. The predicted molar refractivity (Wildman–Crippen MR) is 58.2 cm³/mol. The summed E-state index contributed by atoms with van der Waals surface area (Å²) in [6, 6.07) is 0. The van der Waals surface area contributed by atoms with Crippen LogP contribution in [0.3, 0.4) is 0 Å². The number of morpholine rings is 1. The second kappa shape index (κ2) is 5.42. The van der Waals surface area contributed by atoms with Gasteiger partial charge in [0.05, 0.1) is 19.8 Å². The van der Waals surface area contributed by atoms with Gasteiger partial charge < -0.3 is 9.47 Å². The van der Waals surface area contributed by atoms with E-state index in [2.05, 4.69) is 4.72 Å². The van der Waals surface area contributed by atoms with E-state index in [0.717, 1.165) is 13.0 Å². The van der Waals surface area contributed by atoms with E-state index >= 15 is 0 Å². The van der Waals surface area contributed by atoms with Gasteiger partial charge in [-0.25, -0.2) is 4.72 Å². The van der Waals surface area contributed by atoms with E-state index in [9.17, 15) is 8.42 Å². The zero-order chi connectivity index (χ0) is 11.4. The second-order valence-electron chi connectivity index (χ2n) is 4.09. The van der Waals surface area contributed by atoms with Gasteiger partial charge in [-0.3, -0.25) is 0 Å². The van der Waals surface area contributed by atoms with E-state index < -0.39 is 10.2 Å². The molecule has 0 aromatic rings. The molecule has 2 saturated heterocycles. The topological polar surface area (TPSA) is 67.9 Å². The lowest BCUT2D eigenvalue weighted by atomic mass is 10.1. The minimum absolute atomic E-state index is 0.316. The molecule has 2 fully saturated rings. The van der Waals surface area contributed by atoms with Crippen molar-refractivity contribution in [3.8, 4) is 0 Å². The molecule has 6 nitrogen and oxygen atoms in total. The summed E-state index contributed by atoms with van der Waals surface area (Å²) in [5.74, 6) is 0.316. The van der Waals surface area contributed by atoms with Crippen molar-refractivity contribution in [1.29, 1.82) is 0 Å². The van der Waals surface area contributed by atoms with Crippen LogP contribution in [0.15, 0.2) is 0 Å². The van der Waals surface area contributed by atoms with Gasteiger partial charge >= 0.3 is 0 Å². The molecule has 0 amide bonds. The van der Waals surface area contributed by atoms with Gasteiger partial charge in [0.15, 0.2) is 0 Å². The van der Waals surface area contributed by atoms with E-state index in [1.807, 2.05) is 0 Å². The van der Waals surface area contributed by atoms with Crippen LogP contribution in [0.25, 0.3) is 0 Å². The highest BCUT2D eigenvalue weighted by molar-refractivity contribution is 7.87. The highest BCUT2D eigenvalue weighted by Crippen LogP contribution is 2.12. The van der Waals surface area contributed by atoms with Gasteiger partial charge in [0, 0.05) is 26.2 Å². The fraction of sp³-hybridized carbons (Fsp3) is 1.00. The third kappa shape index (κ3) is 3.14. The molecule has 16 heavy (non-hydrogen) atoms. The number of hydrogen-bond acceptors (Lipinski definition) is 4. The lowest BCUT2D eigenvalue weighted by Gasteiger charge is -2.26. The minimum atomic E-state index is -3.32. The van der Waals surface area contributed by atoms with Gasteiger partial charge in [0.25, 0.3) is 10.2 Å². The maximum atomic E-state index is 11.9. The number of hydrogen-bond donors (Lipinski definition) is 1. The van der Waals surface area contributed by atoms with Crippen LogP contribution in [0.4, 0.5) is 0 Å². The predicted octanol–water partition coefficient (Wildman–Crippen LogP) is -0.810. The maximum absolute atomic E-state index is 11.9. The zero-order valence-electron chi connectivity index (χ0n) is 9.22.